The van der Waals surface area contributed by atoms with Crippen LogP contribution in [0.25, 0.3) is 0 Å². The van der Waals surface area contributed by atoms with E-state index in [0.717, 1.165) is 18.7 Å². The van der Waals surface area contributed by atoms with Gasteiger partial charge in [0.15, 0.2) is 0 Å². The van der Waals surface area contributed by atoms with Gasteiger partial charge < -0.3 is 5.32 Å². The van der Waals surface area contributed by atoms with Crippen LogP contribution in [-0.2, 0) is 0 Å². The highest BCUT2D eigenvalue weighted by molar-refractivity contribution is 5.34. The SMILES string of the molecule is C=CCCC(C)Nc1ccccn1. The first-order chi connectivity index (χ1) is 6.33. The van der Waals surface area contributed by atoms with Gasteiger partial charge in [-0.15, -0.1) is 6.58 Å². The molecule has 1 aromatic heterocycles. The highest BCUT2D eigenvalue weighted by Gasteiger charge is 1.99. The molecule has 2 nitrogen and oxygen atoms in total. The first kappa shape index (κ1) is 9.78. The Labute approximate surface area is 79.7 Å². The molecule has 1 aromatic rings. The van der Waals surface area contributed by atoms with E-state index in [1.165, 1.54) is 0 Å². The molecule has 0 aliphatic heterocycles. The van der Waals surface area contributed by atoms with E-state index in [-0.39, 0.29) is 0 Å². The summed E-state index contributed by atoms with van der Waals surface area (Å²) in [6.07, 6.45) is 5.88. The summed E-state index contributed by atoms with van der Waals surface area (Å²) in [5.41, 5.74) is 0. The van der Waals surface area contributed by atoms with Crippen LogP contribution in [0.1, 0.15) is 19.8 Å². The maximum atomic E-state index is 4.19. The Morgan fingerprint density at radius 1 is 1.62 bits per heavy atom. The van der Waals surface area contributed by atoms with Gasteiger partial charge in [0, 0.05) is 12.2 Å². The first-order valence-electron chi connectivity index (χ1n) is 4.61. The molecule has 70 valence electrons. The van der Waals surface area contributed by atoms with Crippen LogP contribution in [0.5, 0.6) is 0 Å². The van der Waals surface area contributed by atoms with Crippen molar-refractivity contribution >= 4 is 5.82 Å². The lowest BCUT2D eigenvalue weighted by Crippen LogP contribution is -2.15. The number of allylic oxidation sites excluding steroid dienone is 1. The van der Waals surface area contributed by atoms with Crippen molar-refractivity contribution in [2.75, 3.05) is 5.32 Å². The fraction of sp³-hybridized carbons (Fsp3) is 0.364. The standard InChI is InChI=1S/C11H16N2/c1-3-4-7-10(2)13-11-8-5-6-9-12-11/h3,5-6,8-10H,1,4,7H2,2H3,(H,12,13). The summed E-state index contributed by atoms with van der Waals surface area (Å²) in [7, 11) is 0. The van der Waals surface area contributed by atoms with E-state index in [0.29, 0.717) is 6.04 Å². The van der Waals surface area contributed by atoms with Crippen LogP contribution in [0, 0.1) is 0 Å². The Hall–Kier alpha value is -1.31. The number of nitrogens with one attached hydrogen (secondary N) is 1. The Morgan fingerprint density at radius 2 is 2.46 bits per heavy atom. The topological polar surface area (TPSA) is 24.9 Å². The summed E-state index contributed by atoms with van der Waals surface area (Å²) in [6, 6.07) is 6.33. The van der Waals surface area contributed by atoms with Gasteiger partial charge in [0.2, 0.25) is 0 Å². The lowest BCUT2D eigenvalue weighted by atomic mass is 10.2. The number of hydrogen-bond donors (Lipinski definition) is 1. The summed E-state index contributed by atoms with van der Waals surface area (Å²) in [5.74, 6) is 0.944. The van der Waals surface area contributed by atoms with E-state index in [1.54, 1.807) is 6.20 Å². The molecule has 0 fully saturated rings. The van der Waals surface area contributed by atoms with Gasteiger partial charge in [0.25, 0.3) is 0 Å². The number of rotatable bonds is 5. The second kappa shape index (κ2) is 5.36. The minimum atomic E-state index is 0.452. The van der Waals surface area contributed by atoms with E-state index in [9.17, 15) is 0 Å². The smallest absolute Gasteiger partial charge is 0.126 e. The average molecular weight is 176 g/mol. The molecule has 0 radical (unpaired) electrons. The van der Waals surface area contributed by atoms with E-state index >= 15 is 0 Å². The van der Waals surface area contributed by atoms with Crippen LogP contribution >= 0.6 is 0 Å². The van der Waals surface area contributed by atoms with Gasteiger partial charge in [-0.2, -0.15) is 0 Å². The highest BCUT2D eigenvalue weighted by atomic mass is 15.0. The molecule has 0 bridgehead atoms. The molecule has 1 unspecified atom stereocenters. The van der Waals surface area contributed by atoms with Crippen molar-refractivity contribution in [3.63, 3.8) is 0 Å². The first-order valence-corrected chi connectivity index (χ1v) is 4.61. The largest absolute Gasteiger partial charge is 0.368 e. The van der Waals surface area contributed by atoms with Gasteiger partial charge >= 0.3 is 0 Å². The quantitative estimate of drug-likeness (QED) is 0.698. The summed E-state index contributed by atoms with van der Waals surface area (Å²) in [4.78, 5) is 4.19. The molecule has 1 heterocycles. The summed E-state index contributed by atoms with van der Waals surface area (Å²) in [6.45, 7) is 5.85. The minimum absolute atomic E-state index is 0.452. The molecule has 0 spiro atoms. The fourth-order valence-electron chi connectivity index (χ4n) is 1.14. The highest BCUT2D eigenvalue weighted by Crippen LogP contribution is 2.06. The second-order valence-corrected chi connectivity index (χ2v) is 3.13. The number of anilines is 1. The number of pyridine rings is 1. The van der Waals surface area contributed by atoms with E-state index in [2.05, 4.69) is 23.8 Å². The third-order valence-corrected chi connectivity index (χ3v) is 1.86. The normalized spacial score (nSPS) is 12.1. The molecule has 1 rings (SSSR count). The summed E-state index contributed by atoms with van der Waals surface area (Å²) >= 11 is 0. The van der Waals surface area contributed by atoms with Crippen molar-refractivity contribution in [2.45, 2.75) is 25.8 Å². The van der Waals surface area contributed by atoms with Crippen molar-refractivity contribution in [2.24, 2.45) is 0 Å². The predicted molar refractivity (Wildman–Crippen MR) is 56.8 cm³/mol. The maximum absolute atomic E-state index is 4.19. The monoisotopic (exact) mass is 176 g/mol. The zero-order valence-corrected chi connectivity index (χ0v) is 8.03. The molecule has 0 aliphatic carbocycles. The van der Waals surface area contributed by atoms with Crippen LogP contribution in [0.15, 0.2) is 37.1 Å². The summed E-state index contributed by atoms with van der Waals surface area (Å²) in [5, 5.41) is 3.32. The zero-order valence-electron chi connectivity index (χ0n) is 8.03. The average Bonchev–Trinajstić information content (AvgIpc) is 2.16. The van der Waals surface area contributed by atoms with Crippen LogP contribution in [0.4, 0.5) is 5.82 Å². The Balaban J connectivity index is 2.36. The van der Waals surface area contributed by atoms with Crippen LogP contribution in [-0.4, -0.2) is 11.0 Å². The molecular formula is C11H16N2. The van der Waals surface area contributed by atoms with Gasteiger partial charge in [0.05, 0.1) is 0 Å². The van der Waals surface area contributed by atoms with Crippen molar-refractivity contribution in [1.29, 1.82) is 0 Å². The van der Waals surface area contributed by atoms with Crippen molar-refractivity contribution in [3.8, 4) is 0 Å². The Kier molecular flexibility index (Phi) is 4.03. The number of aromatic nitrogens is 1. The third-order valence-electron chi connectivity index (χ3n) is 1.86. The van der Waals surface area contributed by atoms with Crippen LogP contribution in [0.3, 0.4) is 0 Å². The minimum Gasteiger partial charge on any atom is -0.368 e. The maximum Gasteiger partial charge on any atom is 0.126 e. The number of nitrogens with zero attached hydrogens (tertiary/aromatic N) is 1. The van der Waals surface area contributed by atoms with Crippen molar-refractivity contribution in [1.82, 2.24) is 4.98 Å². The molecule has 0 aliphatic rings. The predicted octanol–water partition coefficient (Wildman–Crippen LogP) is 2.85. The summed E-state index contributed by atoms with van der Waals surface area (Å²) < 4.78 is 0. The molecule has 0 saturated carbocycles. The van der Waals surface area contributed by atoms with Crippen LogP contribution in [0.2, 0.25) is 0 Å². The van der Waals surface area contributed by atoms with Gasteiger partial charge in [-0.05, 0) is 31.9 Å². The molecule has 13 heavy (non-hydrogen) atoms. The van der Waals surface area contributed by atoms with Crippen LogP contribution < -0.4 is 5.32 Å². The third kappa shape index (κ3) is 3.74. The molecular weight excluding hydrogens is 160 g/mol. The Morgan fingerprint density at radius 3 is 3.08 bits per heavy atom. The van der Waals surface area contributed by atoms with E-state index in [1.807, 2.05) is 24.3 Å². The molecule has 2 heteroatoms. The molecule has 0 amide bonds. The number of hydrogen-bond acceptors (Lipinski definition) is 2. The van der Waals surface area contributed by atoms with Gasteiger partial charge in [-0.3, -0.25) is 0 Å². The van der Waals surface area contributed by atoms with E-state index < -0.39 is 0 Å². The van der Waals surface area contributed by atoms with Gasteiger partial charge in [-0.1, -0.05) is 12.1 Å². The lowest BCUT2D eigenvalue weighted by Gasteiger charge is -2.12. The molecule has 1 atom stereocenters. The van der Waals surface area contributed by atoms with E-state index in [4.69, 9.17) is 0 Å². The Bertz CT molecular complexity index is 244. The van der Waals surface area contributed by atoms with Gasteiger partial charge in [-0.25, -0.2) is 4.98 Å². The second-order valence-electron chi connectivity index (χ2n) is 3.13. The van der Waals surface area contributed by atoms with Gasteiger partial charge in [0.1, 0.15) is 5.82 Å². The van der Waals surface area contributed by atoms with Crippen molar-refractivity contribution < 1.29 is 0 Å². The molecule has 0 aromatic carbocycles. The fourth-order valence-corrected chi connectivity index (χ4v) is 1.14. The lowest BCUT2D eigenvalue weighted by molar-refractivity contribution is 0.715. The molecule has 0 saturated heterocycles. The molecule has 1 N–H and O–H groups in total. The zero-order chi connectivity index (χ0) is 9.52. The van der Waals surface area contributed by atoms with Crippen molar-refractivity contribution in [3.05, 3.63) is 37.1 Å².